The summed E-state index contributed by atoms with van der Waals surface area (Å²) in [7, 11) is 0. The van der Waals surface area contributed by atoms with Crippen LogP contribution in [0.2, 0.25) is 0 Å². The molecule has 0 saturated heterocycles. The predicted octanol–water partition coefficient (Wildman–Crippen LogP) is 12.1. The molecule has 0 bridgehead atoms. The second-order valence-corrected chi connectivity index (χ2v) is 12.1. The van der Waals surface area contributed by atoms with E-state index in [0.717, 1.165) is 82.6 Å². The highest BCUT2D eigenvalue weighted by Crippen LogP contribution is 2.40. The molecule has 0 saturated carbocycles. The molecule has 11 rings (SSSR count). The molecular formula is C42H23NO3. The van der Waals surface area contributed by atoms with Crippen LogP contribution in [-0.2, 0) is 0 Å². The van der Waals surface area contributed by atoms with Crippen LogP contribution in [0.4, 0.5) is 0 Å². The van der Waals surface area contributed by atoms with Crippen LogP contribution in [0.3, 0.4) is 0 Å². The number of benzene rings is 7. The number of hydrogen-bond donors (Lipinski definition) is 0. The third kappa shape index (κ3) is 3.22. The van der Waals surface area contributed by atoms with Crippen molar-refractivity contribution >= 4 is 87.6 Å². The number of nitrogens with zero attached hydrogens (tertiary/aromatic N) is 1. The summed E-state index contributed by atoms with van der Waals surface area (Å²) in [4.78, 5) is 0. The van der Waals surface area contributed by atoms with Crippen LogP contribution in [0.25, 0.3) is 104 Å². The smallest absolute Gasteiger partial charge is 0.139 e. The van der Waals surface area contributed by atoms with E-state index in [1.165, 1.54) is 21.8 Å². The monoisotopic (exact) mass is 589 g/mol. The lowest BCUT2D eigenvalue weighted by molar-refractivity contribution is 0.656. The zero-order valence-corrected chi connectivity index (χ0v) is 24.5. The maximum atomic E-state index is 6.39. The van der Waals surface area contributed by atoms with Crippen molar-refractivity contribution < 1.29 is 13.3 Å². The largest absolute Gasteiger partial charge is 0.456 e. The number of fused-ring (bicyclic) bond motifs is 12. The summed E-state index contributed by atoms with van der Waals surface area (Å²) in [5.74, 6) is 0. The average Bonchev–Trinajstić information content (AvgIpc) is 3.85. The molecule has 0 aliphatic rings. The third-order valence-corrected chi connectivity index (χ3v) is 9.59. The van der Waals surface area contributed by atoms with Gasteiger partial charge in [0.2, 0.25) is 0 Å². The first-order chi connectivity index (χ1) is 22.8. The lowest BCUT2D eigenvalue weighted by Crippen LogP contribution is -1.93. The molecule has 0 N–H and O–H groups in total. The normalized spacial score (nSPS) is 12.3. The number of aromatic nitrogens is 1. The second-order valence-electron chi connectivity index (χ2n) is 12.1. The van der Waals surface area contributed by atoms with Gasteiger partial charge in [0.1, 0.15) is 33.5 Å². The van der Waals surface area contributed by atoms with Gasteiger partial charge in [0, 0.05) is 54.8 Å². The van der Waals surface area contributed by atoms with Gasteiger partial charge in [0.15, 0.2) is 0 Å². The molecule has 0 unspecified atom stereocenters. The van der Waals surface area contributed by atoms with E-state index in [1.807, 2.05) is 18.2 Å². The Morgan fingerprint density at radius 1 is 0.304 bits per heavy atom. The van der Waals surface area contributed by atoms with Gasteiger partial charge in [0.25, 0.3) is 0 Å². The Kier molecular flexibility index (Phi) is 4.55. The minimum absolute atomic E-state index is 0.817. The highest BCUT2D eigenvalue weighted by Gasteiger charge is 2.17. The highest BCUT2D eigenvalue weighted by atomic mass is 16.3. The van der Waals surface area contributed by atoms with E-state index >= 15 is 0 Å². The quantitative estimate of drug-likeness (QED) is 0.201. The van der Waals surface area contributed by atoms with Crippen molar-refractivity contribution in [2.45, 2.75) is 0 Å². The zero-order chi connectivity index (χ0) is 29.9. The minimum Gasteiger partial charge on any atom is -0.456 e. The van der Waals surface area contributed by atoms with Crippen molar-refractivity contribution in [3.05, 3.63) is 140 Å². The zero-order valence-electron chi connectivity index (χ0n) is 24.5. The fourth-order valence-electron chi connectivity index (χ4n) is 7.46. The molecule has 0 spiro atoms. The van der Waals surface area contributed by atoms with Gasteiger partial charge in [0.05, 0.1) is 11.0 Å². The van der Waals surface area contributed by atoms with Crippen molar-refractivity contribution in [1.29, 1.82) is 0 Å². The summed E-state index contributed by atoms with van der Waals surface area (Å²) in [6.07, 6.45) is 0. The molecule has 0 fully saturated rings. The molecule has 46 heavy (non-hydrogen) atoms. The van der Waals surface area contributed by atoms with E-state index in [9.17, 15) is 0 Å². The summed E-state index contributed by atoms with van der Waals surface area (Å²) in [5, 5.41) is 9.06. The predicted molar refractivity (Wildman–Crippen MR) is 188 cm³/mol. The molecule has 7 aromatic carbocycles. The van der Waals surface area contributed by atoms with E-state index in [2.05, 4.69) is 126 Å². The van der Waals surface area contributed by atoms with Gasteiger partial charge in [-0.1, -0.05) is 66.7 Å². The summed E-state index contributed by atoms with van der Waals surface area (Å²) >= 11 is 0. The van der Waals surface area contributed by atoms with Crippen LogP contribution in [-0.4, -0.2) is 4.57 Å². The van der Waals surface area contributed by atoms with Crippen molar-refractivity contribution in [2.75, 3.05) is 0 Å². The Morgan fingerprint density at radius 2 is 0.761 bits per heavy atom. The van der Waals surface area contributed by atoms with E-state index in [0.29, 0.717) is 0 Å². The van der Waals surface area contributed by atoms with Gasteiger partial charge in [-0.05, 0) is 77.9 Å². The molecule has 4 aromatic heterocycles. The topological polar surface area (TPSA) is 44.4 Å². The molecule has 0 atom stereocenters. The van der Waals surface area contributed by atoms with E-state index < -0.39 is 0 Å². The van der Waals surface area contributed by atoms with Gasteiger partial charge in [-0.25, -0.2) is 0 Å². The summed E-state index contributed by atoms with van der Waals surface area (Å²) in [5.41, 5.74) is 10.9. The Labute approximate surface area is 261 Å². The third-order valence-electron chi connectivity index (χ3n) is 9.59. The van der Waals surface area contributed by atoms with E-state index in [1.54, 1.807) is 0 Å². The Hall–Kier alpha value is -6.26. The van der Waals surface area contributed by atoms with E-state index in [4.69, 9.17) is 13.3 Å². The lowest BCUT2D eigenvalue weighted by atomic mass is 10.00. The van der Waals surface area contributed by atoms with Gasteiger partial charge < -0.3 is 17.8 Å². The first kappa shape index (κ1) is 24.1. The van der Waals surface area contributed by atoms with Crippen LogP contribution in [0.5, 0.6) is 0 Å². The number of hydrogen-bond acceptors (Lipinski definition) is 3. The van der Waals surface area contributed by atoms with Crippen LogP contribution < -0.4 is 0 Å². The van der Waals surface area contributed by atoms with Crippen LogP contribution in [0.15, 0.2) is 153 Å². The number of para-hydroxylation sites is 3. The standard InChI is InChI=1S/C42H23NO3/c1-4-10-35-27(7-1)28-8-2-5-11-36(28)43(35)26-15-18-40-32(21-26)34-22-33-31-20-25(14-17-39(31)45-41(33)23-42(34)46-40)24-13-16-38-30(19-24)29-9-3-6-12-37(29)44-38/h1-23H. The summed E-state index contributed by atoms with van der Waals surface area (Å²) in [6, 6.07) is 49.0. The van der Waals surface area contributed by atoms with Gasteiger partial charge in [-0.3, -0.25) is 0 Å². The molecule has 4 heteroatoms. The molecular weight excluding hydrogens is 566 g/mol. The Morgan fingerprint density at radius 3 is 1.41 bits per heavy atom. The van der Waals surface area contributed by atoms with Gasteiger partial charge >= 0.3 is 0 Å². The van der Waals surface area contributed by atoms with Crippen LogP contribution in [0.1, 0.15) is 0 Å². The maximum Gasteiger partial charge on any atom is 0.139 e. The summed E-state index contributed by atoms with van der Waals surface area (Å²) in [6.45, 7) is 0. The first-order valence-corrected chi connectivity index (χ1v) is 15.5. The van der Waals surface area contributed by atoms with Crippen LogP contribution >= 0.6 is 0 Å². The molecule has 214 valence electrons. The molecule has 0 radical (unpaired) electrons. The molecule has 0 aliphatic carbocycles. The molecule has 11 aromatic rings. The van der Waals surface area contributed by atoms with Crippen molar-refractivity contribution in [3.63, 3.8) is 0 Å². The fourth-order valence-corrected chi connectivity index (χ4v) is 7.46. The molecule has 0 aliphatic heterocycles. The second kappa shape index (κ2) is 8.68. The highest BCUT2D eigenvalue weighted by molar-refractivity contribution is 6.16. The first-order valence-electron chi connectivity index (χ1n) is 15.5. The van der Waals surface area contributed by atoms with E-state index in [-0.39, 0.29) is 0 Å². The maximum absolute atomic E-state index is 6.39. The molecule has 4 heterocycles. The number of rotatable bonds is 2. The minimum atomic E-state index is 0.817. The molecule has 0 amide bonds. The van der Waals surface area contributed by atoms with Crippen LogP contribution in [0, 0.1) is 0 Å². The van der Waals surface area contributed by atoms with Crippen molar-refractivity contribution in [2.24, 2.45) is 0 Å². The fraction of sp³-hybridized carbons (Fsp3) is 0. The Balaban J connectivity index is 1.11. The average molecular weight is 590 g/mol. The van der Waals surface area contributed by atoms with Crippen molar-refractivity contribution in [3.8, 4) is 16.8 Å². The SMILES string of the molecule is c1ccc2c(c1)oc1ccc(-c3ccc4oc5cc6oc7ccc(-n8c9ccccc9c9ccccc98)cc7c6cc5c4c3)cc12. The Bertz CT molecular complexity index is 2980. The van der Waals surface area contributed by atoms with Gasteiger partial charge in [-0.2, -0.15) is 0 Å². The number of furan rings is 3. The lowest BCUT2D eigenvalue weighted by Gasteiger charge is -2.08. The van der Waals surface area contributed by atoms with Gasteiger partial charge in [-0.15, -0.1) is 0 Å². The van der Waals surface area contributed by atoms with Crippen molar-refractivity contribution in [1.82, 2.24) is 4.57 Å². The summed E-state index contributed by atoms with van der Waals surface area (Å²) < 4.78 is 21.2. The molecule has 4 nitrogen and oxygen atoms in total.